The number of carbonyl (C=O) groups excluding carboxylic acids is 2. The Morgan fingerprint density at radius 3 is 2.64 bits per heavy atom. The van der Waals surface area contributed by atoms with Crippen LogP contribution in [0.3, 0.4) is 0 Å². The van der Waals surface area contributed by atoms with Crippen molar-refractivity contribution in [1.29, 1.82) is 0 Å². The van der Waals surface area contributed by atoms with Gasteiger partial charge in [-0.2, -0.15) is 0 Å². The highest BCUT2D eigenvalue weighted by Gasteiger charge is 2.24. The molecule has 0 saturated heterocycles. The number of likely N-dealkylation sites (N-methyl/N-ethyl adjacent to an activating group) is 1. The molecular formula is C9H15BrN2O2. The molecule has 2 amide bonds. The highest BCUT2D eigenvalue weighted by atomic mass is 79.9. The predicted molar refractivity (Wildman–Crippen MR) is 57.2 cm³/mol. The Kier molecular flexibility index (Phi) is 4.38. The zero-order valence-corrected chi connectivity index (χ0v) is 9.84. The van der Waals surface area contributed by atoms with Crippen molar-refractivity contribution in [3.05, 3.63) is 0 Å². The lowest BCUT2D eigenvalue weighted by Gasteiger charge is -2.15. The lowest BCUT2D eigenvalue weighted by atomic mass is 10.4. The summed E-state index contributed by atoms with van der Waals surface area (Å²) >= 11 is 3.19. The van der Waals surface area contributed by atoms with Gasteiger partial charge in [0.2, 0.25) is 11.8 Å². The van der Waals surface area contributed by atoms with Gasteiger partial charge < -0.3 is 10.2 Å². The van der Waals surface area contributed by atoms with E-state index in [0.29, 0.717) is 17.8 Å². The van der Waals surface area contributed by atoms with E-state index in [1.54, 1.807) is 7.05 Å². The Hall–Kier alpha value is -0.580. The Labute approximate surface area is 92.2 Å². The average molecular weight is 263 g/mol. The first-order valence-corrected chi connectivity index (χ1v) is 5.85. The molecule has 1 saturated carbocycles. The molecule has 0 bridgehead atoms. The molecule has 1 aliphatic carbocycles. The molecule has 0 aliphatic heterocycles. The highest BCUT2D eigenvalue weighted by Crippen LogP contribution is 2.18. The minimum Gasteiger partial charge on any atom is -0.352 e. The maximum atomic E-state index is 11.3. The van der Waals surface area contributed by atoms with Crippen LogP contribution in [0.1, 0.15) is 19.3 Å². The summed E-state index contributed by atoms with van der Waals surface area (Å²) in [6, 6.07) is 0.363. The molecule has 14 heavy (non-hydrogen) atoms. The fourth-order valence-corrected chi connectivity index (χ4v) is 1.42. The standard InChI is InChI=1S/C9H15BrN2O2/c1-12(9(14)4-5-10)6-8(13)11-7-2-3-7/h7H,2-6H2,1H3,(H,11,13). The lowest BCUT2D eigenvalue weighted by molar-refractivity contribution is -0.134. The van der Waals surface area contributed by atoms with Crippen LogP contribution >= 0.6 is 15.9 Å². The van der Waals surface area contributed by atoms with Gasteiger partial charge in [0.1, 0.15) is 0 Å². The summed E-state index contributed by atoms with van der Waals surface area (Å²) in [6.07, 6.45) is 2.59. The summed E-state index contributed by atoms with van der Waals surface area (Å²) in [5, 5.41) is 3.48. The van der Waals surface area contributed by atoms with Crippen LogP contribution in [-0.4, -0.2) is 41.7 Å². The third-order valence-electron chi connectivity index (χ3n) is 2.06. The van der Waals surface area contributed by atoms with Crippen molar-refractivity contribution in [2.75, 3.05) is 18.9 Å². The molecule has 0 unspecified atom stereocenters. The molecule has 1 aliphatic rings. The number of halogens is 1. The molecule has 1 fully saturated rings. The number of alkyl halides is 1. The third-order valence-corrected chi connectivity index (χ3v) is 2.45. The minimum atomic E-state index is -0.0575. The van der Waals surface area contributed by atoms with Gasteiger partial charge in [0.15, 0.2) is 0 Å². The van der Waals surface area contributed by atoms with Crippen LogP contribution in [0.15, 0.2) is 0 Å². The Bertz CT molecular complexity index is 229. The first-order valence-electron chi connectivity index (χ1n) is 4.72. The van der Waals surface area contributed by atoms with Gasteiger partial charge in [0, 0.05) is 24.8 Å². The van der Waals surface area contributed by atoms with Gasteiger partial charge in [0.25, 0.3) is 0 Å². The average Bonchev–Trinajstić information content (AvgIpc) is 2.88. The second-order valence-corrected chi connectivity index (χ2v) is 4.32. The smallest absolute Gasteiger partial charge is 0.239 e. The van der Waals surface area contributed by atoms with E-state index < -0.39 is 0 Å². The highest BCUT2D eigenvalue weighted by molar-refractivity contribution is 9.09. The summed E-state index contributed by atoms with van der Waals surface area (Å²) in [6.45, 7) is 0.169. The number of hydrogen-bond acceptors (Lipinski definition) is 2. The lowest BCUT2D eigenvalue weighted by Crippen LogP contribution is -2.39. The number of hydrogen-bond donors (Lipinski definition) is 1. The third kappa shape index (κ3) is 4.09. The van der Waals surface area contributed by atoms with Crippen molar-refractivity contribution in [2.45, 2.75) is 25.3 Å². The molecule has 0 aromatic carbocycles. The Balaban J connectivity index is 2.20. The molecule has 4 nitrogen and oxygen atoms in total. The molecule has 0 atom stereocenters. The largest absolute Gasteiger partial charge is 0.352 e. The summed E-state index contributed by atoms with van der Waals surface area (Å²) < 4.78 is 0. The van der Waals surface area contributed by atoms with Crippen molar-refractivity contribution in [2.24, 2.45) is 0 Å². The SMILES string of the molecule is CN(CC(=O)NC1CC1)C(=O)CCBr. The van der Waals surface area contributed by atoms with Gasteiger partial charge in [-0.15, -0.1) is 0 Å². The van der Waals surface area contributed by atoms with Crippen LogP contribution < -0.4 is 5.32 Å². The van der Waals surface area contributed by atoms with Gasteiger partial charge in [-0.05, 0) is 12.8 Å². The van der Waals surface area contributed by atoms with E-state index in [-0.39, 0.29) is 18.4 Å². The number of amides is 2. The quantitative estimate of drug-likeness (QED) is 0.735. The molecule has 0 radical (unpaired) electrons. The van der Waals surface area contributed by atoms with E-state index in [0.717, 1.165) is 12.8 Å². The van der Waals surface area contributed by atoms with Crippen molar-refractivity contribution in [3.8, 4) is 0 Å². The van der Waals surface area contributed by atoms with Crippen LogP contribution in [0, 0.1) is 0 Å². The van der Waals surface area contributed by atoms with Gasteiger partial charge in [-0.3, -0.25) is 9.59 Å². The van der Waals surface area contributed by atoms with Crippen LogP contribution in [0.5, 0.6) is 0 Å². The molecule has 5 heteroatoms. The monoisotopic (exact) mass is 262 g/mol. The van der Waals surface area contributed by atoms with Crippen molar-refractivity contribution >= 4 is 27.7 Å². The number of nitrogens with zero attached hydrogens (tertiary/aromatic N) is 1. The van der Waals surface area contributed by atoms with Crippen molar-refractivity contribution in [1.82, 2.24) is 10.2 Å². The number of carbonyl (C=O) groups is 2. The van der Waals surface area contributed by atoms with Gasteiger partial charge >= 0.3 is 0 Å². The van der Waals surface area contributed by atoms with Crippen LogP contribution in [-0.2, 0) is 9.59 Å². The summed E-state index contributed by atoms with van der Waals surface area (Å²) in [7, 11) is 1.65. The van der Waals surface area contributed by atoms with Crippen LogP contribution in [0.2, 0.25) is 0 Å². The maximum absolute atomic E-state index is 11.3. The van der Waals surface area contributed by atoms with Crippen molar-refractivity contribution < 1.29 is 9.59 Å². The number of nitrogens with one attached hydrogen (secondary N) is 1. The second kappa shape index (κ2) is 5.34. The molecule has 0 spiro atoms. The zero-order chi connectivity index (χ0) is 10.6. The van der Waals surface area contributed by atoms with Gasteiger partial charge in [-0.1, -0.05) is 15.9 Å². The molecular weight excluding hydrogens is 248 g/mol. The zero-order valence-electron chi connectivity index (χ0n) is 8.25. The van der Waals surface area contributed by atoms with Gasteiger partial charge in [-0.25, -0.2) is 0 Å². The fraction of sp³-hybridized carbons (Fsp3) is 0.778. The van der Waals surface area contributed by atoms with Crippen molar-refractivity contribution in [3.63, 3.8) is 0 Å². The topological polar surface area (TPSA) is 49.4 Å². The Morgan fingerprint density at radius 2 is 2.14 bits per heavy atom. The molecule has 1 rings (SSSR count). The van der Waals surface area contributed by atoms with Crippen LogP contribution in [0.25, 0.3) is 0 Å². The first-order chi connectivity index (χ1) is 6.63. The van der Waals surface area contributed by atoms with Gasteiger partial charge in [0.05, 0.1) is 6.54 Å². The number of rotatable bonds is 5. The maximum Gasteiger partial charge on any atom is 0.239 e. The molecule has 80 valence electrons. The molecule has 0 aromatic rings. The van der Waals surface area contributed by atoms with Crippen LogP contribution in [0.4, 0.5) is 0 Å². The first kappa shape index (κ1) is 11.5. The molecule has 0 heterocycles. The van der Waals surface area contributed by atoms with E-state index in [4.69, 9.17) is 0 Å². The Morgan fingerprint density at radius 1 is 1.50 bits per heavy atom. The van der Waals surface area contributed by atoms with E-state index in [1.165, 1.54) is 4.90 Å². The second-order valence-electron chi connectivity index (χ2n) is 3.53. The van der Waals surface area contributed by atoms with E-state index in [2.05, 4.69) is 21.2 Å². The van der Waals surface area contributed by atoms with E-state index in [9.17, 15) is 9.59 Å². The molecule has 1 N–H and O–H groups in total. The van der Waals surface area contributed by atoms with E-state index >= 15 is 0 Å². The summed E-state index contributed by atoms with van der Waals surface area (Å²) in [4.78, 5) is 24.0. The molecule has 0 aromatic heterocycles. The summed E-state index contributed by atoms with van der Waals surface area (Å²) in [5.74, 6) is -0.0641. The summed E-state index contributed by atoms with van der Waals surface area (Å²) in [5.41, 5.74) is 0. The predicted octanol–water partition coefficient (Wildman–Crippen LogP) is 0.508. The minimum absolute atomic E-state index is 0.00665. The van der Waals surface area contributed by atoms with E-state index in [1.807, 2.05) is 0 Å². The fourth-order valence-electron chi connectivity index (χ4n) is 1.08. The normalized spacial score (nSPS) is 15.0.